The number of hydroxylamine groups is 3. The van der Waals surface area contributed by atoms with Crippen LogP contribution in [0, 0.1) is 10.4 Å². The highest BCUT2D eigenvalue weighted by Crippen LogP contribution is 2.47. The lowest BCUT2D eigenvalue weighted by Crippen LogP contribution is -2.49. The molecule has 2 atom stereocenters. The Morgan fingerprint density at radius 2 is 2.18 bits per heavy atom. The van der Waals surface area contributed by atoms with E-state index in [0.717, 1.165) is 0 Å². The van der Waals surface area contributed by atoms with Crippen molar-refractivity contribution in [2.24, 2.45) is 0 Å². The van der Waals surface area contributed by atoms with Crippen LogP contribution in [0.25, 0.3) is 0 Å². The Kier molecular flexibility index (Phi) is 2.57. The van der Waals surface area contributed by atoms with E-state index in [1.165, 1.54) is 14.0 Å². The number of fused-ring (bicyclic) bond motifs is 1. The minimum absolute atomic E-state index is 0.268. The summed E-state index contributed by atoms with van der Waals surface area (Å²) in [5, 5.41) is 27.5. The van der Waals surface area contributed by atoms with Crippen molar-refractivity contribution >= 4 is 23.0 Å². The summed E-state index contributed by atoms with van der Waals surface area (Å²) in [6.45, 7) is 2.93. The van der Waals surface area contributed by atoms with Gasteiger partial charge in [0.2, 0.25) is 5.91 Å². The van der Waals surface area contributed by atoms with Crippen LogP contribution in [0.2, 0.25) is 0 Å². The lowest BCUT2D eigenvalue weighted by Gasteiger charge is -2.42. The van der Waals surface area contributed by atoms with E-state index in [1.54, 1.807) is 25.1 Å². The summed E-state index contributed by atoms with van der Waals surface area (Å²) in [7, 11) is 1.41. The number of hydrogen-bond donors (Lipinski definition) is 1. The van der Waals surface area contributed by atoms with Gasteiger partial charge >= 0.3 is 0 Å². The van der Waals surface area contributed by atoms with Crippen molar-refractivity contribution in [1.29, 1.82) is 0 Å². The number of amides is 1. The number of nitrogens with one attached hydrogen (secondary N) is 1. The topological polar surface area (TPSA) is 78.5 Å². The minimum Gasteiger partial charge on any atom is -0.754 e. The number of nitrogens with zero attached hydrogens (tertiary/aromatic N) is 2. The van der Waals surface area contributed by atoms with E-state index in [0.29, 0.717) is 22.1 Å². The van der Waals surface area contributed by atoms with E-state index in [4.69, 9.17) is 0 Å². The molecular formula is C11H14N3O3-. The number of anilines is 2. The fraction of sp³-hybridized carbons (Fsp3) is 0.364. The van der Waals surface area contributed by atoms with Crippen LogP contribution in [0.15, 0.2) is 18.2 Å². The van der Waals surface area contributed by atoms with Crippen LogP contribution < -0.4 is 15.0 Å². The smallest absolute Gasteiger partial charge is 0.221 e. The summed E-state index contributed by atoms with van der Waals surface area (Å²) in [6.07, 6.45) is -0.750. The fourth-order valence-electron chi connectivity index (χ4n) is 2.05. The van der Waals surface area contributed by atoms with Crippen LogP contribution in [0.4, 0.5) is 17.1 Å². The Hall–Kier alpha value is -1.63. The maximum absolute atomic E-state index is 12.4. The van der Waals surface area contributed by atoms with Crippen molar-refractivity contribution in [3.8, 4) is 0 Å². The van der Waals surface area contributed by atoms with Crippen LogP contribution in [0.3, 0.4) is 0 Å². The van der Waals surface area contributed by atoms with E-state index in [1.807, 2.05) is 0 Å². The third-order valence-electron chi connectivity index (χ3n) is 3.06. The molecule has 0 aromatic heterocycles. The molecule has 6 heteroatoms. The molecule has 1 amide bonds. The van der Waals surface area contributed by atoms with Gasteiger partial charge in [-0.3, -0.25) is 4.79 Å². The van der Waals surface area contributed by atoms with Gasteiger partial charge in [-0.1, -0.05) is 6.07 Å². The zero-order chi connectivity index (χ0) is 12.8. The van der Waals surface area contributed by atoms with Gasteiger partial charge in [0.15, 0.2) is 11.9 Å². The molecule has 17 heavy (non-hydrogen) atoms. The molecule has 6 nitrogen and oxygen atoms in total. The van der Waals surface area contributed by atoms with Crippen molar-refractivity contribution in [2.45, 2.75) is 20.0 Å². The zero-order valence-corrected chi connectivity index (χ0v) is 9.93. The van der Waals surface area contributed by atoms with Gasteiger partial charge in [-0.15, -0.1) is 0 Å². The number of benzene rings is 1. The average molecular weight is 236 g/mol. The molecule has 0 fully saturated rings. The maximum atomic E-state index is 12.4. The number of carbonyl (C=O) groups is 1. The summed E-state index contributed by atoms with van der Waals surface area (Å²) in [4.78, 5) is 11.1. The van der Waals surface area contributed by atoms with E-state index >= 15 is 0 Å². The number of carbonyl (C=O) groups excluding carboxylic acids is 1. The molecule has 1 N–H and O–H groups in total. The monoisotopic (exact) mass is 236 g/mol. The first-order valence-corrected chi connectivity index (χ1v) is 5.30. The van der Waals surface area contributed by atoms with Gasteiger partial charge < -0.3 is 25.4 Å². The van der Waals surface area contributed by atoms with Gasteiger partial charge in [-0.2, -0.15) is 0 Å². The Labute approximate surface area is 99.2 Å². The number of para-hydroxylation sites is 1. The van der Waals surface area contributed by atoms with E-state index in [2.05, 4.69) is 5.32 Å². The Bertz CT molecular complexity index is 473. The van der Waals surface area contributed by atoms with E-state index in [-0.39, 0.29) is 5.91 Å². The lowest BCUT2D eigenvalue weighted by atomic mass is 10.2. The molecule has 0 spiro atoms. The summed E-state index contributed by atoms with van der Waals surface area (Å²) in [5.41, 5.74) is 1.03. The van der Waals surface area contributed by atoms with E-state index in [9.17, 15) is 15.2 Å². The quantitative estimate of drug-likeness (QED) is 0.595. The standard InChI is InChI=1S/C11H14N3O3/c1-7(15)12-9-5-4-6-10-11(9)14(3,17)8(2)13(10)16/h4-6,8H,1-3H3,(H,12,15)/q-1. The highest BCUT2D eigenvalue weighted by atomic mass is 16.6. The molecule has 1 aliphatic rings. The molecule has 1 heterocycles. The van der Waals surface area contributed by atoms with Crippen LogP contribution >= 0.6 is 0 Å². The third kappa shape index (κ3) is 1.66. The summed E-state index contributed by atoms with van der Waals surface area (Å²) >= 11 is 0. The second-order valence-corrected chi connectivity index (χ2v) is 4.30. The predicted molar refractivity (Wildman–Crippen MR) is 67.1 cm³/mol. The molecular weight excluding hydrogens is 222 g/mol. The fourth-order valence-corrected chi connectivity index (χ4v) is 2.05. The highest BCUT2D eigenvalue weighted by molar-refractivity contribution is 5.97. The van der Waals surface area contributed by atoms with Crippen molar-refractivity contribution in [1.82, 2.24) is 4.65 Å². The summed E-state index contributed by atoms with van der Waals surface area (Å²) < 4.78 is -0.810. The van der Waals surface area contributed by atoms with Gasteiger partial charge in [0.1, 0.15) is 5.69 Å². The van der Waals surface area contributed by atoms with Gasteiger partial charge in [-0.25, -0.2) is 0 Å². The van der Waals surface area contributed by atoms with Gasteiger partial charge in [0.05, 0.1) is 12.7 Å². The van der Waals surface area contributed by atoms with Crippen LogP contribution in [-0.2, 0) is 4.79 Å². The molecule has 0 saturated carbocycles. The average Bonchev–Trinajstić information content (AvgIpc) is 2.41. The second-order valence-electron chi connectivity index (χ2n) is 4.30. The molecule has 92 valence electrons. The van der Waals surface area contributed by atoms with E-state index < -0.39 is 10.8 Å². The van der Waals surface area contributed by atoms with Crippen LogP contribution in [0.1, 0.15) is 13.8 Å². The normalized spacial score (nSPS) is 26.9. The van der Waals surface area contributed by atoms with Crippen LogP contribution in [0.5, 0.6) is 0 Å². The largest absolute Gasteiger partial charge is 0.754 e. The first kappa shape index (κ1) is 11.8. The number of rotatable bonds is 1. The maximum Gasteiger partial charge on any atom is 0.221 e. The first-order chi connectivity index (χ1) is 7.85. The molecule has 0 bridgehead atoms. The Morgan fingerprint density at radius 1 is 1.53 bits per heavy atom. The molecule has 1 aromatic rings. The summed E-state index contributed by atoms with van der Waals surface area (Å²) in [6, 6.07) is 4.86. The van der Waals surface area contributed by atoms with Crippen molar-refractivity contribution in [3.05, 3.63) is 28.6 Å². The Morgan fingerprint density at radius 3 is 2.76 bits per heavy atom. The molecule has 1 aliphatic heterocycles. The lowest BCUT2D eigenvalue weighted by molar-refractivity contribution is -0.114. The molecule has 1 aromatic carbocycles. The molecule has 2 rings (SSSR count). The SMILES string of the molecule is CC(=O)Nc1cccc2c1[N+](C)([O-])C(C)N2[O-]. The first-order valence-electron chi connectivity index (χ1n) is 5.30. The molecule has 0 radical (unpaired) electrons. The minimum atomic E-state index is -0.810. The second kappa shape index (κ2) is 3.69. The van der Waals surface area contributed by atoms with Gasteiger partial charge in [0.25, 0.3) is 0 Å². The number of quaternary nitrogens is 1. The van der Waals surface area contributed by atoms with Crippen molar-refractivity contribution < 1.29 is 4.79 Å². The van der Waals surface area contributed by atoms with Gasteiger partial charge in [0, 0.05) is 13.8 Å². The molecule has 0 saturated heterocycles. The summed E-state index contributed by atoms with van der Waals surface area (Å²) in [5.74, 6) is -0.268. The van der Waals surface area contributed by atoms with Crippen LogP contribution in [-0.4, -0.2) is 19.1 Å². The van der Waals surface area contributed by atoms with Gasteiger partial charge in [-0.05, 0) is 12.1 Å². The van der Waals surface area contributed by atoms with Crippen molar-refractivity contribution in [3.63, 3.8) is 0 Å². The highest BCUT2D eigenvalue weighted by Gasteiger charge is 2.38. The zero-order valence-electron chi connectivity index (χ0n) is 9.93. The third-order valence-corrected chi connectivity index (χ3v) is 3.06. The molecule has 2 unspecified atom stereocenters. The predicted octanol–water partition coefficient (Wildman–Crippen LogP) is 1.74. The van der Waals surface area contributed by atoms with Crippen molar-refractivity contribution in [2.75, 3.05) is 17.4 Å². The Balaban J connectivity index is 2.59. The number of hydrogen-bond acceptors (Lipinski definition) is 4. The molecule has 0 aliphatic carbocycles.